The van der Waals surface area contributed by atoms with Crippen LogP contribution in [0.15, 0.2) is 0 Å². The van der Waals surface area contributed by atoms with Crippen LogP contribution in [-0.4, -0.2) is 37.7 Å². The van der Waals surface area contributed by atoms with Crippen molar-refractivity contribution < 1.29 is 9.53 Å². The SMILES string of the molecule is CCNC(=O)CNC1(C)CCOC1. The number of amides is 1. The molecule has 1 unspecified atom stereocenters. The molecule has 76 valence electrons. The van der Waals surface area contributed by atoms with Crippen molar-refractivity contribution in [3.63, 3.8) is 0 Å². The molecule has 13 heavy (non-hydrogen) atoms. The number of nitrogens with one attached hydrogen (secondary N) is 2. The van der Waals surface area contributed by atoms with Crippen LogP contribution in [0.4, 0.5) is 0 Å². The lowest BCUT2D eigenvalue weighted by atomic mass is 10.0. The largest absolute Gasteiger partial charge is 0.379 e. The van der Waals surface area contributed by atoms with Gasteiger partial charge >= 0.3 is 0 Å². The van der Waals surface area contributed by atoms with Crippen LogP contribution in [0.5, 0.6) is 0 Å². The van der Waals surface area contributed by atoms with Gasteiger partial charge in [0.05, 0.1) is 13.2 Å². The number of rotatable bonds is 4. The van der Waals surface area contributed by atoms with Crippen molar-refractivity contribution in [1.82, 2.24) is 10.6 Å². The van der Waals surface area contributed by atoms with Gasteiger partial charge in [0.1, 0.15) is 0 Å². The molecule has 0 aromatic rings. The predicted molar refractivity (Wildman–Crippen MR) is 50.5 cm³/mol. The van der Waals surface area contributed by atoms with E-state index in [-0.39, 0.29) is 11.4 Å². The van der Waals surface area contributed by atoms with Gasteiger partial charge in [-0.05, 0) is 20.3 Å². The van der Waals surface area contributed by atoms with E-state index in [0.717, 1.165) is 13.0 Å². The molecule has 1 heterocycles. The quantitative estimate of drug-likeness (QED) is 0.644. The van der Waals surface area contributed by atoms with Gasteiger partial charge in [0.25, 0.3) is 0 Å². The Morgan fingerprint density at radius 2 is 2.38 bits per heavy atom. The minimum atomic E-state index is -0.00885. The molecule has 0 aromatic heterocycles. The fourth-order valence-electron chi connectivity index (χ4n) is 1.36. The Hall–Kier alpha value is -0.610. The molecule has 0 bridgehead atoms. The van der Waals surface area contributed by atoms with Gasteiger partial charge < -0.3 is 15.4 Å². The first kappa shape index (κ1) is 10.5. The maximum absolute atomic E-state index is 11.1. The zero-order chi connectivity index (χ0) is 9.73. The fraction of sp³-hybridized carbons (Fsp3) is 0.889. The average molecular weight is 186 g/mol. The third kappa shape index (κ3) is 3.32. The van der Waals surface area contributed by atoms with Crippen LogP contribution < -0.4 is 10.6 Å². The van der Waals surface area contributed by atoms with Crippen LogP contribution >= 0.6 is 0 Å². The third-order valence-corrected chi connectivity index (χ3v) is 2.27. The number of hydrogen-bond acceptors (Lipinski definition) is 3. The minimum absolute atomic E-state index is 0.00885. The summed E-state index contributed by atoms with van der Waals surface area (Å²) >= 11 is 0. The first-order valence-electron chi connectivity index (χ1n) is 4.76. The Kier molecular flexibility index (Phi) is 3.69. The van der Waals surface area contributed by atoms with E-state index >= 15 is 0 Å². The van der Waals surface area contributed by atoms with Crippen LogP contribution in [0.3, 0.4) is 0 Å². The molecule has 2 N–H and O–H groups in total. The van der Waals surface area contributed by atoms with Crippen LogP contribution in [0.25, 0.3) is 0 Å². The lowest BCUT2D eigenvalue weighted by Gasteiger charge is -2.22. The van der Waals surface area contributed by atoms with Gasteiger partial charge in [-0.15, -0.1) is 0 Å². The highest BCUT2D eigenvalue weighted by molar-refractivity contribution is 5.77. The van der Waals surface area contributed by atoms with Crippen molar-refractivity contribution >= 4 is 5.91 Å². The maximum atomic E-state index is 11.1. The van der Waals surface area contributed by atoms with Gasteiger partial charge in [-0.1, -0.05) is 0 Å². The molecule has 0 saturated carbocycles. The second-order valence-corrected chi connectivity index (χ2v) is 3.67. The summed E-state index contributed by atoms with van der Waals surface area (Å²) in [5.74, 6) is 0.0515. The second kappa shape index (κ2) is 4.58. The van der Waals surface area contributed by atoms with Crippen LogP contribution in [0.2, 0.25) is 0 Å². The number of carbonyl (C=O) groups is 1. The molecule has 1 amide bonds. The highest BCUT2D eigenvalue weighted by Gasteiger charge is 2.29. The molecule has 4 nitrogen and oxygen atoms in total. The molecule has 0 spiro atoms. The average Bonchev–Trinajstić information content (AvgIpc) is 2.51. The van der Waals surface area contributed by atoms with E-state index in [2.05, 4.69) is 17.6 Å². The van der Waals surface area contributed by atoms with Gasteiger partial charge in [0.2, 0.25) is 5.91 Å². The molecule has 1 saturated heterocycles. The summed E-state index contributed by atoms with van der Waals surface area (Å²) in [6, 6.07) is 0. The summed E-state index contributed by atoms with van der Waals surface area (Å²) in [5, 5.41) is 5.95. The van der Waals surface area contributed by atoms with E-state index in [1.54, 1.807) is 0 Å². The van der Waals surface area contributed by atoms with Gasteiger partial charge in [0, 0.05) is 18.7 Å². The number of ether oxygens (including phenoxy) is 1. The first-order chi connectivity index (χ1) is 6.16. The van der Waals surface area contributed by atoms with E-state index in [0.29, 0.717) is 19.7 Å². The number of carbonyl (C=O) groups excluding carboxylic acids is 1. The Morgan fingerprint density at radius 1 is 1.62 bits per heavy atom. The van der Waals surface area contributed by atoms with E-state index in [1.165, 1.54) is 0 Å². The summed E-state index contributed by atoms with van der Waals surface area (Å²) in [7, 11) is 0. The first-order valence-corrected chi connectivity index (χ1v) is 4.76. The Labute approximate surface area is 79.0 Å². The van der Waals surface area contributed by atoms with Crippen molar-refractivity contribution in [1.29, 1.82) is 0 Å². The topological polar surface area (TPSA) is 50.4 Å². The van der Waals surface area contributed by atoms with Crippen LogP contribution in [-0.2, 0) is 9.53 Å². The van der Waals surface area contributed by atoms with Crippen molar-refractivity contribution in [3.8, 4) is 0 Å². The van der Waals surface area contributed by atoms with Gasteiger partial charge in [-0.3, -0.25) is 4.79 Å². The molecule has 4 heteroatoms. The van der Waals surface area contributed by atoms with E-state index in [4.69, 9.17) is 4.74 Å². The molecule has 1 fully saturated rings. The lowest BCUT2D eigenvalue weighted by molar-refractivity contribution is -0.120. The summed E-state index contributed by atoms with van der Waals surface area (Å²) in [5.41, 5.74) is -0.00885. The minimum Gasteiger partial charge on any atom is -0.379 e. The van der Waals surface area contributed by atoms with Gasteiger partial charge in [-0.2, -0.15) is 0 Å². The number of likely N-dealkylation sites (N-methyl/N-ethyl adjacent to an activating group) is 1. The van der Waals surface area contributed by atoms with E-state index < -0.39 is 0 Å². The highest BCUT2D eigenvalue weighted by atomic mass is 16.5. The molecule has 1 atom stereocenters. The van der Waals surface area contributed by atoms with Gasteiger partial charge in [-0.25, -0.2) is 0 Å². The lowest BCUT2D eigenvalue weighted by Crippen LogP contribution is -2.47. The van der Waals surface area contributed by atoms with E-state index in [1.807, 2.05) is 6.92 Å². The Bertz CT molecular complexity index is 176. The second-order valence-electron chi connectivity index (χ2n) is 3.67. The summed E-state index contributed by atoms with van der Waals surface area (Å²) < 4.78 is 5.26. The van der Waals surface area contributed by atoms with E-state index in [9.17, 15) is 4.79 Å². The molecule has 1 aliphatic rings. The van der Waals surface area contributed by atoms with Crippen molar-refractivity contribution in [3.05, 3.63) is 0 Å². The molecule has 0 aromatic carbocycles. The molecule has 1 aliphatic heterocycles. The van der Waals surface area contributed by atoms with Crippen molar-refractivity contribution in [2.24, 2.45) is 0 Å². The maximum Gasteiger partial charge on any atom is 0.233 e. The monoisotopic (exact) mass is 186 g/mol. The van der Waals surface area contributed by atoms with Crippen LogP contribution in [0.1, 0.15) is 20.3 Å². The molecular formula is C9H18N2O2. The van der Waals surface area contributed by atoms with Gasteiger partial charge in [0.15, 0.2) is 0 Å². The fourth-order valence-corrected chi connectivity index (χ4v) is 1.36. The number of hydrogen-bond donors (Lipinski definition) is 2. The molecule has 1 rings (SSSR count). The van der Waals surface area contributed by atoms with Crippen molar-refractivity contribution in [2.75, 3.05) is 26.3 Å². The normalized spacial score (nSPS) is 27.5. The molecule has 0 radical (unpaired) electrons. The summed E-state index contributed by atoms with van der Waals surface area (Å²) in [6.07, 6.45) is 0.979. The van der Waals surface area contributed by atoms with Crippen LogP contribution in [0, 0.1) is 0 Å². The third-order valence-electron chi connectivity index (χ3n) is 2.27. The highest BCUT2D eigenvalue weighted by Crippen LogP contribution is 2.16. The zero-order valence-corrected chi connectivity index (χ0v) is 8.35. The molecule has 0 aliphatic carbocycles. The smallest absolute Gasteiger partial charge is 0.233 e. The van der Waals surface area contributed by atoms with Crippen molar-refractivity contribution in [2.45, 2.75) is 25.8 Å². The summed E-state index contributed by atoms with van der Waals surface area (Å²) in [6.45, 7) is 6.56. The predicted octanol–water partition coefficient (Wildman–Crippen LogP) is -0.109. The summed E-state index contributed by atoms with van der Waals surface area (Å²) in [4.78, 5) is 11.1. The molecular weight excluding hydrogens is 168 g/mol. The Morgan fingerprint density at radius 3 is 2.92 bits per heavy atom. The Balaban J connectivity index is 2.21. The zero-order valence-electron chi connectivity index (χ0n) is 8.35. The standard InChI is InChI=1S/C9H18N2O2/c1-3-10-8(12)6-11-9(2)4-5-13-7-9/h11H,3-7H2,1-2H3,(H,10,12).